The van der Waals surface area contributed by atoms with Crippen LogP contribution < -0.4 is 15.4 Å². The third-order valence-electron chi connectivity index (χ3n) is 3.42. The van der Waals surface area contributed by atoms with Gasteiger partial charge in [0, 0.05) is 32.3 Å². The Morgan fingerprint density at radius 1 is 1.12 bits per heavy atom. The molecule has 2 aromatic rings. The fourth-order valence-corrected chi connectivity index (χ4v) is 2.11. The van der Waals surface area contributed by atoms with Gasteiger partial charge in [-0.3, -0.25) is 15.1 Å². The summed E-state index contributed by atoms with van der Waals surface area (Å²) in [6.07, 6.45) is 0. The third kappa shape index (κ3) is 6.57. The molecule has 25 heavy (non-hydrogen) atoms. The zero-order valence-electron chi connectivity index (χ0n) is 14.1. The van der Waals surface area contributed by atoms with Gasteiger partial charge in [-0.05, 0) is 23.3 Å². The normalized spacial score (nSPS) is 10.6. The van der Waals surface area contributed by atoms with Gasteiger partial charge in [-0.15, -0.1) is 24.0 Å². The van der Waals surface area contributed by atoms with Crippen LogP contribution in [-0.4, -0.2) is 25.0 Å². The number of aliphatic imine (C=N–C) groups is 1. The van der Waals surface area contributed by atoms with Crippen molar-refractivity contribution in [2.24, 2.45) is 4.99 Å². The van der Waals surface area contributed by atoms with Gasteiger partial charge in [-0.2, -0.15) is 0 Å². The molecule has 7 nitrogen and oxygen atoms in total. The maximum Gasteiger partial charge on any atom is 0.269 e. The molecule has 0 saturated heterocycles. The number of hydrogen-bond acceptors (Lipinski definition) is 4. The Balaban J connectivity index is 0.00000312. The molecule has 0 atom stereocenters. The van der Waals surface area contributed by atoms with Crippen LogP contribution >= 0.6 is 24.0 Å². The van der Waals surface area contributed by atoms with E-state index in [1.54, 1.807) is 26.3 Å². The first-order chi connectivity index (χ1) is 11.6. The Labute approximate surface area is 163 Å². The van der Waals surface area contributed by atoms with Crippen molar-refractivity contribution in [2.45, 2.75) is 13.1 Å². The van der Waals surface area contributed by atoms with Crippen LogP contribution in [0.15, 0.2) is 53.5 Å². The second-order valence-electron chi connectivity index (χ2n) is 5.05. The van der Waals surface area contributed by atoms with E-state index in [-0.39, 0.29) is 29.7 Å². The van der Waals surface area contributed by atoms with Crippen molar-refractivity contribution in [3.63, 3.8) is 0 Å². The average molecular weight is 456 g/mol. The van der Waals surface area contributed by atoms with Gasteiger partial charge in [-0.1, -0.05) is 24.3 Å². The van der Waals surface area contributed by atoms with E-state index in [2.05, 4.69) is 15.6 Å². The smallest absolute Gasteiger partial charge is 0.269 e. The first-order valence-electron chi connectivity index (χ1n) is 7.43. The van der Waals surface area contributed by atoms with Gasteiger partial charge >= 0.3 is 0 Å². The van der Waals surface area contributed by atoms with Crippen molar-refractivity contribution in [2.75, 3.05) is 14.2 Å². The van der Waals surface area contributed by atoms with E-state index in [1.807, 2.05) is 24.3 Å². The summed E-state index contributed by atoms with van der Waals surface area (Å²) in [6, 6.07) is 14.2. The first-order valence-corrected chi connectivity index (χ1v) is 7.43. The summed E-state index contributed by atoms with van der Waals surface area (Å²) in [4.78, 5) is 14.4. The molecule has 0 amide bonds. The van der Waals surface area contributed by atoms with Crippen molar-refractivity contribution in [1.29, 1.82) is 0 Å². The Morgan fingerprint density at radius 3 is 2.32 bits per heavy atom. The summed E-state index contributed by atoms with van der Waals surface area (Å²) < 4.78 is 5.20. The second kappa shape index (κ2) is 10.5. The standard InChI is InChI=1S/C17H20N4O3.HI/c1-18-17(20-12-14-4-3-5-16(10-14)24-2)19-11-13-6-8-15(9-7-13)21(22)23;/h3-10H,11-12H2,1-2H3,(H2,18,19,20);1H. The molecule has 0 bridgehead atoms. The number of halogens is 1. The Bertz CT molecular complexity index is 720. The van der Waals surface area contributed by atoms with Gasteiger partial charge in [0.1, 0.15) is 5.75 Å². The van der Waals surface area contributed by atoms with Crippen molar-refractivity contribution >= 4 is 35.6 Å². The van der Waals surface area contributed by atoms with E-state index in [1.165, 1.54) is 12.1 Å². The van der Waals surface area contributed by atoms with Crippen LogP contribution in [0.3, 0.4) is 0 Å². The quantitative estimate of drug-likeness (QED) is 0.229. The number of nitrogens with one attached hydrogen (secondary N) is 2. The van der Waals surface area contributed by atoms with Gasteiger partial charge in [0.15, 0.2) is 5.96 Å². The molecule has 8 heteroatoms. The van der Waals surface area contributed by atoms with Crippen molar-refractivity contribution in [3.05, 3.63) is 69.8 Å². The number of methoxy groups -OCH3 is 1. The number of guanidine groups is 1. The highest BCUT2D eigenvalue weighted by molar-refractivity contribution is 14.0. The molecule has 2 rings (SSSR count). The first kappa shape index (κ1) is 20.7. The second-order valence-corrected chi connectivity index (χ2v) is 5.05. The number of nitro groups is 1. The predicted molar refractivity (Wildman–Crippen MR) is 109 cm³/mol. The minimum absolute atomic E-state index is 0. The molecule has 0 aromatic heterocycles. The highest BCUT2D eigenvalue weighted by Gasteiger charge is 2.04. The predicted octanol–water partition coefficient (Wildman–Crippen LogP) is 3.09. The number of hydrogen-bond donors (Lipinski definition) is 2. The van der Waals surface area contributed by atoms with Gasteiger partial charge in [0.2, 0.25) is 0 Å². The number of rotatable bonds is 6. The molecule has 2 aromatic carbocycles. The zero-order valence-corrected chi connectivity index (χ0v) is 16.4. The Kier molecular flexibility index (Phi) is 8.68. The van der Waals surface area contributed by atoms with Crippen LogP contribution in [0, 0.1) is 10.1 Å². The number of non-ortho nitro benzene ring substituents is 1. The summed E-state index contributed by atoms with van der Waals surface area (Å²) in [6.45, 7) is 1.13. The van der Waals surface area contributed by atoms with E-state index in [0.717, 1.165) is 16.9 Å². The molecular formula is C17H21IN4O3. The molecule has 0 radical (unpaired) electrons. The van der Waals surface area contributed by atoms with E-state index in [0.29, 0.717) is 19.0 Å². The van der Waals surface area contributed by atoms with Crippen LogP contribution in [-0.2, 0) is 13.1 Å². The molecule has 0 aliphatic heterocycles. The highest BCUT2D eigenvalue weighted by atomic mass is 127. The van der Waals surface area contributed by atoms with Crippen LogP contribution in [0.2, 0.25) is 0 Å². The van der Waals surface area contributed by atoms with E-state index in [4.69, 9.17) is 4.74 Å². The lowest BCUT2D eigenvalue weighted by Gasteiger charge is -2.12. The molecule has 0 aliphatic carbocycles. The minimum Gasteiger partial charge on any atom is -0.497 e. The van der Waals surface area contributed by atoms with Crippen molar-refractivity contribution in [1.82, 2.24) is 10.6 Å². The molecule has 0 fully saturated rings. The van der Waals surface area contributed by atoms with Gasteiger partial charge in [0.25, 0.3) is 5.69 Å². The van der Waals surface area contributed by atoms with Crippen LogP contribution in [0.4, 0.5) is 5.69 Å². The maximum atomic E-state index is 10.6. The number of nitrogens with zero attached hydrogens (tertiary/aromatic N) is 2. The minimum atomic E-state index is -0.411. The molecule has 0 unspecified atom stereocenters. The van der Waals surface area contributed by atoms with Gasteiger partial charge in [0.05, 0.1) is 12.0 Å². The van der Waals surface area contributed by atoms with Gasteiger partial charge < -0.3 is 15.4 Å². The number of benzene rings is 2. The lowest BCUT2D eigenvalue weighted by Crippen LogP contribution is -2.36. The van der Waals surface area contributed by atoms with E-state index < -0.39 is 4.92 Å². The average Bonchev–Trinajstić information content (AvgIpc) is 2.62. The third-order valence-corrected chi connectivity index (χ3v) is 3.42. The maximum absolute atomic E-state index is 10.6. The largest absolute Gasteiger partial charge is 0.497 e. The molecule has 2 N–H and O–H groups in total. The molecule has 0 heterocycles. The monoisotopic (exact) mass is 456 g/mol. The topological polar surface area (TPSA) is 88.8 Å². The number of ether oxygens (including phenoxy) is 1. The highest BCUT2D eigenvalue weighted by Crippen LogP contribution is 2.13. The fourth-order valence-electron chi connectivity index (χ4n) is 2.11. The van der Waals surface area contributed by atoms with Crippen molar-refractivity contribution in [3.8, 4) is 5.75 Å². The lowest BCUT2D eigenvalue weighted by molar-refractivity contribution is -0.384. The van der Waals surface area contributed by atoms with Crippen molar-refractivity contribution < 1.29 is 9.66 Å². The number of nitro benzene ring substituents is 1. The molecular weight excluding hydrogens is 435 g/mol. The summed E-state index contributed by atoms with van der Waals surface area (Å²) in [5, 5.41) is 17.0. The molecule has 134 valence electrons. The SMILES string of the molecule is CN=C(NCc1ccc([N+](=O)[O-])cc1)NCc1cccc(OC)c1.I. The molecule has 0 spiro atoms. The van der Waals surface area contributed by atoms with E-state index in [9.17, 15) is 10.1 Å². The Hall–Kier alpha value is -2.36. The fraction of sp³-hybridized carbons (Fsp3) is 0.235. The van der Waals surface area contributed by atoms with E-state index >= 15 is 0 Å². The molecule has 0 saturated carbocycles. The van der Waals surface area contributed by atoms with Crippen LogP contribution in [0.1, 0.15) is 11.1 Å². The zero-order chi connectivity index (χ0) is 17.4. The van der Waals surface area contributed by atoms with Gasteiger partial charge in [-0.25, -0.2) is 0 Å². The molecule has 0 aliphatic rings. The summed E-state index contributed by atoms with van der Waals surface area (Å²) in [5.41, 5.74) is 2.09. The summed E-state index contributed by atoms with van der Waals surface area (Å²) in [5.74, 6) is 1.46. The van der Waals surface area contributed by atoms with Crippen LogP contribution in [0.25, 0.3) is 0 Å². The Morgan fingerprint density at radius 2 is 1.76 bits per heavy atom. The van der Waals surface area contributed by atoms with Crippen LogP contribution in [0.5, 0.6) is 5.75 Å². The lowest BCUT2D eigenvalue weighted by atomic mass is 10.2. The summed E-state index contributed by atoms with van der Waals surface area (Å²) >= 11 is 0. The summed E-state index contributed by atoms with van der Waals surface area (Å²) in [7, 11) is 3.33.